The quantitative estimate of drug-likeness (QED) is 0.531. The van der Waals surface area contributed by atoms with E-state index in [1.54, 1.807) is 6.92 Å². The lowest BCUT2D eigenvalue weighted by molar-refractivity contribution is -0.0370. The van der Waals surface area contributed by atoms with Crippen LogP contribution in [0.4, 0.5) is 0 Å². The number of aliphatic hydroxyl groups is 2. The molecule has 0 spiro atoms. The zero-order valence-electron chi connectivity index (χ0n) is 7.83. The van der Waals surface area contributed by atoms with Crippen molar-refractivity contribution in [3.05, 3.63) is 11.6 Å². The largest absolute Gasteiger partial charge is 0.390 e. The summed E-state index contributed by atoms with van der Waals surface area (Å²) < 4.78 is 0. The Balaban J connectivity index is 2.32. The number of hydrogen-bond donors (Lipinski definition) is 2. The standard InChI is InChI=1S/C10H16O2/c1-9(2)6-4-8(11)10(3,12)5-7(6)9/h5-6,8,11-12H,4H2,1-3H3. The molecule has 2 rings (SSSR count). The van der Waals surface area contributed by atoms with E-state index < -0.39 is 11.7 Å². The molecule has 0 bridgehead atoms. The Labute approximate surface area is 72.9 Å². The molecule has 2 N–H and O–H groups in total. The predicted octanol–water partition coefficient (Wildman–Crippen LogP) is 1.08. The summed E-state index contributed by atoms with van der Waals surface area (Å²) in [6, 6.07) is 0. The van der Waals surface area contributed by atoms with Gasteiger partial charge in [0.15, 0.2) is 0 Å². The summed E-state index contributed by atoms with van der Waals surface area (Å²) in [5, 5.41) is 19.3. The molecular weight excluding hydrogens is 152 g/mol. The summed E-state index contributed by atoms with van der Waals surface area (Å²) in [6.45, 7) is 6.00. The van der Waals surface area contributed by atoms with Crippen molar-refractivity contribution in [2.24, 2.45) is 11.3 Å². The van der Waals surface area contributed by atoms with Crippen LogP contribution < -0.4 is 0 Å². The van der Waals surface area contributed by atoms with Crippen molar-refractivity contribution in [2.75, 3.05) is 0 Å². The third kappa shape index (κ3) is 0.882. The topological polar surface area (TPSA) is 40.5 Å². The molecule has 0 aliphatic heterocycles. The van der Waals surface area contributed by atoms with Crippen molar-refractivity contribution < 1.29 is 10.2 Å². The van der Waals surface area contributed by atoms with Crippen LogP contribution in [-0.2, 0) is 0 Å². The number of rotatable bonds is 0. The van der Waals surface area contributed by atoms with Gasteiger partial charge in [-0.2, -0.15) is 0 Å². The lowest BCUT2D eigenvalue weighted by Gasteiger charge is -2.28. The van der Waals surface area contributed by atoms with Gasteiger partial charge in [-0.3, -0.25) is 0 Å². The maximum Gasteiger partial charge on any atom is 0.106 e. The minimum Gasteiger partial charge on any atom is -0.390 e. The Morgan fingerprint density at radius 2 is 2.00 bits per heavy atom. The van der Waals surface area contributed by atoms with Crippen molar-refractivity contribution in [2.45, 2.75) is 38.9 Å². The zero-order chi connectivity index (χ0) is 9.15. The third-order valence-electron chi connectivity index (χ3n) is 3.49. The highest BCUT2D eigenvalue weighted by atomic mass is 16.3. The van der Waals surface area contributed by atoms with E-state index in [0.717, 1.165) is 0 Å². The molecule has 1 saturated carbocycles. The molecule has 2 heteroatoms. The minimum absolute atomic E-state index is 0.224. The van der Waals surface area contributed by atoms with Crippen LogP contribution in [0.3, 0.4) is 0 Å². The summed E-state index contributed by atoms with van der Waals surface area (Å²) in [6.07, 6.45) is 1.96. The summed E-state index contributed by atoms with van der Waals surface area (Å²) in [5.41, 5.74) is 0.541. The smallest absolute Gasteiger partial charge is 0.106 e. The van der Waals surface area contributed by atoms with E-state index in [4.69, 9.17) is 0 Å². The monoisotopic (exact) mass is 168 g/mol. The van der Waals surface area contributed by atoms with E-state index in [0.29, 0.717) is 12.3 Å². The molecule has 68 valence electrons. The average Bonchev–Trinajstić information content (AvgIpc) is 2.37. The van der Waals surface area contributed by atoms with Gasteiger partial charge in [-0.1, -0.05) is 25.5 Å². The van der Waals surface area contributed by atoms with Crippen LogP contribution in [0.15, 0.2) is 11.6 Å². The van der Waals surface area contributed by atoms with Gasteiger partial charge in [0.1, 0.15) is 5.60 Å². The van der Waals surface area contributed by atoms with Crippen LogP contribution in [0.1, 0.15) is 27.2 Å². The average molecular weight is 168 g/mol. The number of hydrogen-bond acceptors (Lipinski definition) is 2. The van der Waals surface area contributed by atoms with E-state index in [1.807, 2.05) is 6.08 Å². The van der Waals surface area contributed by atoms with Crippen LogP contribution in [0.5, 0.6) is 0 Å². The predicted molar refractivity (Wildman–Crippen MR) is 46.6 cm³/mol. The molecular formula is C10H16O2. The first-order valence-corrected chi connectivity index (χ1v) is 4.49. The zero-order valence-corrected chi connectivity index (χ0v) is 7.83. The van der Waals surface area contributed by atoms with Gasteiger partial charge in [-0.15, -0.1) is 0 Å². The van der Waals surface area contributed by atoms with E-state index in [9.17, 15) is 10.2 Å². The van der Waals surface area contributed by atoms with Gasteiger partial charge >= 0.3 is 0 Å². The second kappa shape index (κ2) is 1.94. The number of allylic oxidation sites excluding steroid dienone is 1. The molecule has 12 heavy (non-hydrogen) atoms. The Kier molecular flexibility index (Phi) is 1.33. The molecule has 0 saturated heterocycles. The fraction of sp³-hybridized carbons (Fsp3) is 0.800. The highest BCUT2D eigenvalue weighted by molar-refractivity contribution is 5.41. The van der Waals surface area contributed by atoms with Crippen molar-refractivity contribution >= 4 is 0 Å². The van der Waals surface area contributed by atoms with Gasteiger partial charge in [0.25, 0.3) is 0 Å². The lowest BCUT2D eigenvalue weighted by Crippen LogP contribution is -2.39. The van der Waals surface area contributed by atoms with Crippen molar-refractivity contribution in [1.29, 1.82) is 0 Å². The molecule has 1 fully saturated rings. The molecule has 3 unspecified atom stereocenters. The van der Waals surface area contributed by atoms with Crippen molar-refractivity contribution in [3.63, 3.8) is 0 Å². The van der Waals surface area contributed by atoms with Crippen LogP contribution in [0, 0.1) is 11.3 Å². The summed E-state index contributed by atoms with van der Waals surface area (Å²) in [5.74, 6) is 0.507. The molecule has 0 aromatic carbocycles. The molecule has 2 aliphatic rings. The highest BCUT2D eigenvalue weighted by Gasteiger charge is 2.57. The fourth-order valence-corrected chi connectivity index (χ4v) is 2.26. The Morgan fingerprint density at radius 1 is 1.42 bits per heavy atom. The van der Waals surface area contributed by atoms with E-state index in [1.165, 1.54) is 5.57 Å². The highest BCUT2D eigenvalue weighted by Crippen LogP contribution is 2.63. The normalized spacial score (nSPS) is 49.6. The van der Waals surface area contributed by atoms with Crippen LogP contribution in [-0.4, -0.2) is 21.9 Å². The van der Waals surface area contributed by atoms with Gasteiger partial charge in [-0.05, 0) is 24.7 Å². The Hall–Kier alpha value is -0.340. The first kappa shape index (κ1) is 8.27. The second-order valence-corrected chi connectivity index (χ2v) is 4.85. The van der Waals surface area contributed by atoms with Gasteiger partial charge < -0.3 is 10.2 Å². The van der Waals surface area contributed by atoms with Gasteiger partial charge in [-0.25, -0.2) is 0 Å². The Morgan fingerprint density at radius 3 is 2.50 bits per heavy atom. The first-order valence-electron chi connectivity index (χ1n) is 4.49. The maximum absolute atomic E-state index is 9.75. The minimum atomic E-state index is -1.00. The van der Waals surface area contributed by atoms with Gasteiger partial charge in [0.2, 0.25) is 0 Å². The second-order valence-electron chi connectivity index (χ2n) is 4.85. The molecule has 2 aliphatic carbocycles. The summed E-state index contributed by atoms with van der Waals surface area (Å²) >= 11 is 0. The lowest BCUT2D eigenvalue weighted by atomic mass is 9.90. The molecule has 0 heterocycles. The maximum atomic E-state index is 9.75. The van der Waals surface area contributed by atoms with Crippen LogP contribution in [0.25, 0.3) is 0 Å². The summed E-state index contributed by atoms with van der Waals surface area (Å²) in [4.78, 5) is 0. The SMILES string of the molecule is CC1(O)C=C2C(CC1O)C2(C)C. The summed E-state index contributed by atoms with van der Waals surface area (Å²) in [7, 11) is 0. The molecule has 2 nitrogen and oxygen atoms in total. The van der Waals surface area contributed by atoms with Crippen molar-refractivity contribution in [1.82, 2.24) is 0 Å². The van der Waals surface area contributed by atoms with E-state index >= 15 is 0 Å². The molecule has 0 radical (unpaired) electrons. The van der Waals surface area contributed by atoms with Crippen molar-refractivity contribution in [3.8, 4) is 0 Å². The van der Waals surface area contributed by atoms with Crippen LogP contribution >= 0.6 is 0 Å². The number of fused-ring (bicyclic) bond motifs is 1. The van der Waals surface area contributed by atoms with Gasteiger partial charge in [0, 0.05) is 0 Å². The molecule has 0 amide bonds. The number of aliphatic hydroxyl groups excluding tert-OH is 1. The Bertz CT molecular complexity index is 251. The third-order valence-corrected chi connectivity index (χ3v) is 3.49. The fourth-order valence-electron chi connectivity index (χ4n) is 2.26. The first-order chi connectivity index (χ1) is 5.36. The molecule has 0 aromatic rings. The van der Waals surface area contributed by atoms with Gasteiger partial charge in [0.05, 0.1) is 6.10 Å². The molecule has 0 aromatic heterocycles. The van der Waals surface area contributed by atoms with E-state index in [2.05, 4.69) is 13.8 Å². The van der Waals surface area contributed by atoms with Crippen LogP contribution in [0.2, 0.25) is 0 Å². The molecule has 3 atom stereocenters. The van der Waals surface area contributed by atoms with E-state index in [-0.39, 0.29) is 5.41 Å².